The minimum Gasteiger partial charge on any atom is -0.326 e. The summed E-state index contributed by atoms with van der Waals surface area (Å²) in [5.41, 5.74) is 3.69. The van der Waals surface area contributed by atoms with Gasteiger partial charge in [0, 0.05) is 17.9 Å². The topological polar surface area (TPSA) is 88.9 Å². The molecule has 0 saturated carbocycles. The van der Waals surface area contributed by atoms with E-state index in [1.165, 1.54) is 11.8 Å². The number of nitrogens with one attached hydrogen (secondary N) is 2. The Labute approximate surface area is 180 Å². The van der Waals surface area contributed by atoms with E-state index in [9.17, 15) is 9.59 Å². The maximum Gasteiger partial charge on any atom is 0.234 e. The van der Waals surface area contributed by atoms with Crippen LogP contribution in [0, 0.1) is 13.8 Å². The van der Waals surface area contributed by atoms with E-state index in [1.807, 2.05) is 73.9 Å². The van der Waals surface area contributed by atoms with Gasteiger partial charge in [-0.25, -0.2) is 0 Å². The highest BCUT2D eigenvalue weighted by atomic mass is 32.2. The van der Waals surface area contributed by atoms with Crippen LogP contribution in [-0.4, -0.2) is 32.3 Å². The van der Waals surface area contributed by atoms with Crippen molar-refractivity contribution in [2.45, 2.75) is 38.9 Å². The highest BCUT2D eigenvalue weighted by molar-refractivity contribution is 7.99. The second-order valence-corrected chi connectivity index (χ2v) is 7.83. The number of amides is 2. The molecule has 0 atom stereocenters. The number of hydrogen-bond acceptors (Lipinski definition) is 5. The monoisotopic (exact) mass is 423 g/mol. The molecule has 1 aromatic heterocycles. The van der Waals surface area contributed by atoms with Gasteiger partial charge in [0.15, 0.2) is 5.16 Å². The van der Waals surface area contributed by atoms with Crippen molar-refractivity contribution in [3.05, 3.63) is 65.5 Å². The molecule has 0 saturated heterocycles. The SMILES string of the molecule is CCn1c(CC(=O)Nc2ccc(C)cc2)nnc1SCC(=O)Nc1ccccc1C. The summed E-state index contributed by atoms with van der Waals surface area (Å²) in [5, 5.41) is 14.7. The summed E-state index contributed by atoms with van der Waals surface area (Å²) in [6, 6.07) is 15.3. The minimum absolute atomic E-state index is 0.112. The number of thioether (sulfide) groups is 1. The molecule has 0 aliphatic carbocycles. The fourth-order valence-corrected chi connectivity index (χ4v) is 3.71. The smallest absolute Gasteiger partial charge is 0.234 e. The van der Waals surface area contributed by atoms with Gasteiger partial charge >= 0.3 is 0 Å². The summed E-state index contributed by atoms with van der Waals surface area (Å²) < 4.78 is 1.86. The average Bonchev–Trinajstić information content (AvgIpc) is 3.11. The maximum absolute atomic E-state index is 12.4. The van der Waals surface area contributed by atoms with E-state index in [-0.39, 0.29) is 24.0 Å². The predicted octanol–water partition coefficient (Wildman–Crippen LogP) is 3.83. The third kappa shape index (κ3) is 5.70. The van der Waals surface area contributed by atoms with Gasteiger partial charge in [0.25, 0.3) is 0 Å². The highest BCUT2D eigenvalue weighted by Crippen LogP contribution is 2.19. The van der Waals surface area contributed by atoms with Gasteiger partial charge in [0.05, 0.1) is 12.2 Å². The third-order valence-corrected chi connectivity index (χ3v) is 5.48. The standard InChI is InChI=1S/C22H25N5O2S/c1-4-27-19(13-20(28)23-17-11-9-15(2)10-12-17)25-26-22(27)30-14-21(29)24-18-8-6-5-7-16(18)3/h5-12H,4,13-14H2,1-3H3,(H,23,28)(H,24,29). The molecule has 156 valence electrons. The number of benzene rings is 2. The van der Waals surface area contributed by atoms with Gasteiger partial charge in [0.2, 0.25) is 11.8 Å². The predicted molar refractivity (Wildman–Crippen MR) is 120 cm³/mol. The van der Waals surface area contributed by atoms with Crippen LogP contribution in [0.2, 0.25) is 0 Å². The van der Waals surface area contributed by atoms with Gasteiger partial charge in [-0.2, -0.15) is 0 Å². The summed E-state index contributed by atoms with van der Waals surface area (Å²) in [4.78, 5) is 24.7. The molecule has 3 rings (SSSR count). The molecule has 0 unspecified atom stereocenters. The van der Waals surface area contributed by atoms with Gasteiger partial charge in [-0.3, -0.25) is 9.59 Å². The van der Waals surface area contributed by atoms with Crippen LogP contribution in [0.5, 0.6) is 0 Å². The van der Waals surface area contributed by atoms with Crippen molar-refractivity contribution in [1.82, 2.24) is 14.8 Å². The molecule has 2 N–H and O–H groups in total. The Balaban J connectivity index is 1.58. The average molecular weight is 424 g/mol. The second-order valence-electron chi connectivity index (χ2n) is 6.89. The molecule has 2 amide bonds. The Morgan fingerprint density at radius 1 is 0.967 bits per heavy atom. The van der Waals surface area contributed by atoms with E-state index < -0.39 is 0 Å². The van der Waals surface area contributed by atoms with Gasteiger partial charge in [-0.15, -0.1) is 10.2 Å². The minimum atomic E-state index is -0.158. The first-order chi connectivity index (χ1) is 14.5. The number of nitrogens with zero attached hydrogens (tertiary/aromatic N) is 3. The lowest BCUT2D eigenvalue weighted by Crippen LogP contribution is -2.18. The van der Waals surface area contributed by atoms with Crippen LogP contribution >= 0.6 is 11.8 Å². The van der Waals surface area contributed by atoms with Crippen molar-refractivity contribution < 1.29 is 9.59 Å². The Hall–Kier alpha value is -3.13. The molecular formula is C22H25N5O2S. The molecule has 30 heavy (non-hydrogen) atoms. The van der Waals surface area contributed by atoms with Crippen LogP contribution in [0.3, 0.4) is 0 Å². The Kier molecular flexibility index (Phi) is 7.24. The molecule has 0 spiro atoms. The van der Waals surface area contributed by atoms with E-state index in [2.05, 4.69) is 20.8 Å². The molecule has 3 aromatic rings. The second kappa shape index (κ2) is 10.1. The van der Waals surface area contributed by atoms with E-state index in [4.69, 9.17) is 0 Å². The summed E-state index contributed by atoms with van der Waals surface area (Å²) in [6.45, 7) is 6.52. The zero-order valence-electron chi connectivity index (χ0n) is 17.3. The number of carbonyl (C=O) groups excluding carboxylic acids is 2. The van der Waals surface area contributed by atoms with Crippen LogP contribution in [0.4, 0.5) is 11.4 Å². The lowest BCUT2D eigenvalue weighted by atomic mass is 10.2. The fraction of sp³-hybridized carbons (Fsp3) is 0.273. The van der Waals surface area contributed by atoms with Crippen LogP contribution in [0.15, 0.2) is 53.7 Å². The quantitative estimate of drug-likeness (QED) is 0.538. The van der Waals surface area contributed by atoms with Crippen molar-refractivity contribution in [2.24, 2.45) is 0 Å². The molecule has 0 bridgehead atoms. The van der Waals surface area contributed by atoms with Gasteiger partial charge in [0.1, 0.15) is 5.82 Å². The van der Waals surface area contributed by atoms with Crippen molar-refractivity contribution in [2.75, 3.05) is 16.4 Å². The van der Waals surface area contributed by atoms with E-state index in [0.717, 1.165) is 22.5 Å². The lowest BCUT2D eigenvalue weighted by Gasteiger charge is -2.09. The van der Waals surface area contributed by atoms with Crippen LogP contribution in [0.1, 0.15) is 23.9 Å². The summed E-state index contributed by atoms with van der Waals surface area (Å²) in [5.74, 6) is 0.513. The van der Waals surface area contributed by atoms with Gasteiger partial charge in [-0.1, -0.05) is 47.7 Å². The molecule has 7 nitrogen and oxygen atoms in total. The first kappa shape index (κ1) is 21.6. The van der Waals surface area contributed by atoms with Crippen molar-refractivity contribution in [3.63, 3.8) is 0 Å². The van der Waals surface area contributed by atoms with Crippen molar-refractivity contribution in [1.29, 1.82) is 0 Å². The molecule has 0 fully saturated rings. The molecule has 2 aromatic carbocycles. The number of aryl methyl sites for hydroxylation is 2. The Bertz CT molecular complexity index is 1030. The van der Waals surface area contributed by atoms with E-state index in [1.54, 1.807) is 0 Å². The van der Waals surface area contributed by atoms with E-state index in [0.29, 0.717) is 17.5 Å². The third-order valence-electron chi connectivity index (χ3n) is 4.52. The summed E-state index contributed by atoms with van der Waals surface area (Å²) in [7, 11) is 0. The number of anilines is 2. The molecular weight excluding hydrogens is 398 g/mol. The number of para-hydroxylation sites is 1. The highest BCUT2D eigenvalue weighted by Gasteiger charge is 2.16. The normalized spacial score (nSPS) is 10.6. The van der Waals surface area contributed by atoms with Crippen molar-refractivity contribution in [3.8, 4) is 0 Å². The van der Waals surface area contributed by atoms with Gasteiger partial charge < -0.3 is 15.2 Å². The Morgan fingerprint density at radius 2 is 1.70 bits per heavy atom. The van der Waals surface area contributed by atoms with Crippen molar-refractivity contribution >= 4 is 35.0 Å². The molecule has 0 radical (unpaired) electrons. The zero-order valence-corrected chi connectivity index (χ0v) is 18.1. The molecule has 0 aliphatic heterocycles. The summed E-state index contributed by atoms with van der Waals surface area (Å²) >= 11 is 1.30. The molecule has 0 aliphatic rings. The van der Waals surface area contributed by atoms with Crippen LogP contribution < -0.4 is 10.6 Å². The van der Waals surface area contributed by atoms with Gasteiger partial charge in [-0.05, 0) is 44.5 Å². The first-order valence-electron chi connectivity index (χ1n) is 9.73. The van der Waals surface area contributed by atoms with Crippen LogP contribution in [0.25, 0.3) is 0 Å². The zero-order chi connectivity index (χ0) is 21.5. The lowest BCUT2D eigenvalue weighted by molar-refractivity contribution is -0.116. The number of aromatic nitrogens is 3. The first-order valence-corrected chi connectivity index (χ1v) is 10.7. The number of hydrogen-bond donors (Lipinski definition) is 2. The number of rotatable bonds is 8. The fourth-order valence-electron chi connectivity index (χ4n) is 2.89. The molecule has 1 heterocycles. The number of carbonyl (C=O) groups is 2. The van der Waals surface area contributed by atoms with Crippen LogP contribution in [-0.2, 0) is 22.6 Å². The maximum atomic E-state index is 12.4. The van der Waals surface area contributed by atoms with E-state index >= 15 is 0 Å². The largest absolute Gasteiger partial charge is 0.326 e. The Morgan fingerprint density at radius 3 is 2.40 bits per heavy atom. The summed E-state index contributed by atoms with van der Waals surface area (Å²) in [6.07, 6.45) is 0.116. The molecule has 8 heteroatoms.